The molecule has 126 valence electrons. The summed E-state index contributed by atoms with van der Waals surface area (Å²) < 4.78 is 5.58. The standard InChI is InChI=1S/C16H23N3O4/c1-4-16(10-21,23-6-5-17)12(14(22)9-20)7-13-15(18-3)11(2)8-19-13/h9-10,12H,2,4-8,17H2,1,3H3. The maximum Gasteiger partial charge on any atom is 0.201 e. The molecule has 0 saturated carbocycles. The highest BCUT2D eigenvalue weighted by molar-refractivity contribution is 6.50. The highest BCUT2D eigenvalue weighted by Gasteiger charge is 2.44. The van der Waals surface area contributed by atoms with Gasteiger partial charge in [-0.3, -0.25) is 19.6 Å². The molecule has 0 spiro atoms. The van der Waals surface area contributed by atoms with Gasteiger partial charge in [-0.05, 0) is 12.0 Å². The molecule has 1 heterocycles. The molecule has 0 aromatic rings. The molecule has 0 radical (unpaired) electrons. The molecule has 1 aliphatic heterocycles. The van der Waals surface area contributed by atoms with Crippen LogP contribution < -0.4 is 5.73 Å². The van der Waals surface area contributed by atoms with Gasteiger partial charge >= 0.3 is 0 Å². The molecular weight excluding hydrogens is 298 g/mol. The summed E-state index contributed by atoms with van der Waals surface area (Å²) in [7, 11) is 1.61. The van der Waals surface area contributed by atoms with Crippen molar-refractivity contribution in [2.24, 2.45) is 21.6 Å². The number of aliphatic imine (C=N–C) groups is 2. The van der Waals surface area contributed by atoms with E-state index in [1.165, 1.54) is 0 Å². The Morgan fingerprint density at radius 3 is 2.74 bits per heavy atom. The molecule has 2 unspecified atom stereocenters. The number of ketones is 1. The third-order valence-corrected chi connectivity index (χ3v) is 3.98. The van der Waals surface area contributed by atoms with Crippen LogP contribution in [-0.2, 0) is 19.1 Å². The molecule has 0 aromatic carbocycles. The summed E-state index contributed by atoms with van der Waals surface area (Å²) in [4.78, 5) is 43.3. The summed E-state index contributed by atoms with van der Waals surface area (Å²) in [6.07, 6.45) is 1.15. The summed E-state index contributed by atoms with van der Waals surface area (Å²) in [5.74, 6) is -1.66. The van der Waals surface area contributed by atoms with Crippen molar-refractivity contribution in [3.8, 4) is 0 Å². The van der Waals surface area contributed by atoms with Crippen molar-refractivity contribution in [3.05, 3.63) is 12.2 Å². The highest BCUT2D eigenvalue weighted by atomic mass is 16.5. The second kappa shape index (κ2) is 8.59. The van der Waals surface area contributed by atoms with Gasteiger partial charge in [0.05, 0.1) is 30.5 Å². The van der Waals surface area contributed by atoms with Crippen LogP contribution in [0.3, 0.4) is 0 Å². The zero-order chi connectivity index (χ0) is 17.5. The SMILES string of the molecule is C=C1CN=C(CC(C(=O)C=O)C(C=O)(CC)OCCN)C1=NC. The molecule has 0 aromatic heterocycles. The average Bonchev–Trinajstić information content (AvgIpc) is 2.93. The van der Waals surface area contributed by atoms with E-state index < -0.39 is 17.3 Å². The summed E-state index contributed by atoms with van der Waals surface area (Å²) in [5, 5.41) is 0. The van der Waals surface area contributed by atoms with Gasteiger partial charge in [-0.15, -0.1) is 0 Å². The Morgan fingerprint density at radius 2 is 2.26 bits per heavy atom. The molecule has 0 saturated heterocycles. The van der Waals surface area contributed by atoms with E-state index in [-0.39, 0.29) is 32.3 Å². The topological polar surface area (TPSA) is 111 Å². The molecule has 23 heavy (non-hydrogen) atoms. The Morgan fingerprint density at radius 1 is 1.57 bits per heavy atom. The Balaban J connectivity index is 3.18. The number of carbonyl (C=O) groups is 3. The van der Waals surface area contributed by atoms with Crippen LogP contribution in [0.25, 0.3) is 0 Å². The summed E-state index contributed by atoms with van der Waals surface area (Å²) in [6.45, 7) is 6.30. The molecule has 2 atom stereocenters. The van der Waals surface area contributed by atoms with E-state index in [2.05, 4.69) is 16.6 Å². The molecule has 0 amide bonds. The summed E-state index contributed by atoms with van der Waals surface area (Å²) in [5.41, 5.74) is 5.95. The maximum absolute atomic E-state index is 12.1. The van der Waals surface area contributed by atoms with Crippen molar-refractivity contribution in [2.75, 3.05) is 26.7 Å². The number of rotatable bonds is 10. The molecule has 7 heteroatoms. The van der Waals surface area contributed by atoms with E-state index in [9.17, 15) is 14.4 Å². The Kier molecular flexibility index (Phi) is 7.12. The zero-order valence-corrected chi connectivity index (χ0v) is 13.6. The van der Waals surface area contributed by atoms with E-state index in [4.69, 9.17) is 10.5 Å². The third-order valence-electron chi connectivity index (χ3n) is 3.98. The van der Waals surface area contributed by atoms with Gasteiger partial charge in [0.2, 0.25) is 5.78 Å². The van der Waals surface area contributed by atoms with E-state index >= 15 is 0 Å². The number of aldehydes is 2. The Labute approximate surface area is 135 Å². The predicted molar refractivity (Wildman–Crippen MR) is 88.1 cm³/mol. The van der Waals surface area contributed by atoms with Crippen molar-refractivity contribution >= 4 is 29.8 Å². The fourth-order valence-corrected chi connectivity index (χ4v) is 2.68. The largest absolute Gasteiger partial charge is 0.365 e. The maximum atomic E-state index is 12.1. The van der Waals surface area contributed by atoms with Gasteiger partial charge in [-0.25, -0.2) is 0 Å². The van der Waals surface area contributed by atoms with Crippen LogP contribution >= 0.6 is 0 Å². The van der Waals surface area contributed by atoms with E-state index in [1.807, 2.05) is 0 Å². The van der Waals surface area contributed by atoms with Crippen molar-refractivity contribution in [1.82, 2.24) is 0 Å². The van der Waals surface area contributed by atoms with Crippen LogP contribution in [0.4, 0.5) is 0 Å². The number of hydrogen-bond acceptors (Lipinski definition) is 7. The Bertz CT molecular complexity index is 554. The second-order valence-corrected chi connectivity index (χ2v) is 5.28. The van der Waals surface area contributed by atoms with Gasteiger partial charge in [-0.2, -0.15) is 0 Å². The molecule has 0 aliphatic carbocycles. The van der Waals surface area contributed by atoms with Crippen LogP contribution in [-0.4, -0.2) is 62.1 Å². The lowest BCUT2D eigenvalue weighted by Gasteiger charge is -2.33. The smallest absolute Gasteiger partial charge is 0.201 e. The van der Waals surface area contributed by atoms with Crippen molar-refractivity contribution < 1.29 is 19.1 Å². The van der Waals surface area contributed by atoms with Crippen LogP contribution in [0.2, 0.25) is 0 Å². The van der Waals surface area contributed by atoms with Gasteiger partial charge in [0.15, 0.2) is 12.6 Å². The van der Waals surface area contributed by atoms with E-state index in [0.717, 1.165) is 5.57 Å². The average molecular weight is 321 g/mol. The Hall–Kier alpha value is -1.99. The first-order chi connectivity index (χ1) is 11.0. The highest BCUT2D eigenvalue weighted by Crippen LogP contribution is 2.30. The fraction of sp³-hybridized carbons (Fsp3) is 0.562. The van der Waals surface area contributed by atoms with Gasteiger partial charge in [0.1, 0.15) is 5.60 Å². The number of nitrogens with two attached hydrogens (primary N) is 1. The van der Waals surface area contributed by atoms with Gasteiger partial charge in [0.25, 0.3) is 0 Å². The molecule has 0 fully saturated rings. The normalized spacial score (nSPS) is 20.0. The lowest BCUT2D eigenvalue weighted by molar-refractivity contribution is -0.151. The van der Waals surface area contributed by atoms with Crippen LogP contribution in [0.1, 0.15) is 19.8 Å². The number of carbonyl (C=O) groups excluding carboxylic acids is 3. The molecule has 2 N–H and O–H groups in total. The molecule has 1 aliphatic rings. The van der Waals surface area contributed by atoms with Crippen molar-refractivity contribution in [3.63, 3.8) is 0 Å². The fourth-order valence-electron chi connectivity index (χ4n) is 2.68. The number of ether oxygens (including phenoxy) is 1. The lowest BCUT2D eigenvalue weighted by Crippen LogP contribution is -2.48. The number of hydrogen-bond donors (Lipinski definition) is 1. The first-order valence-corrected chi connectivity index (χ1v) is 7.47. The minimum absolute atomic E-state index is 0.0976. The first-order valence-electron chi connectivity index (χ1n) is 7.47. The number of nitrogens with zero attached hydrogens (tertiary/aromatic N) is 2. The molecule has 0 bridgehead atoms. The molecule has 1 rings (SSSR count). The summed E-state index contributed by atoms with van der Waals surface area (Å²) >= 11 is 0. The first kappa shape index (κ1) is 19.1. The van der Waals surface area contributed by atoms with Crippen LogP contribution in [0.15, 0.2) is 22.1 Å². The van der Waals surface area contributed by atoms with Gasteiger partial charge in [-0.1, -0.05) is 13.5 Å². The van der Waals surface area contributed by atoms with Crippen molar-refractivity contribution in [1.29, 1.82) is 0 Å². The van der Waals surface area contributed by atoms with Crippen LogP contribution in [0.5, 0.6) is 0 Å². The molecular formula is C16H23N3O4. The monoisotopic (exact) mass is 321 g/mol. The second-order valence-electron chi connectivity index (χ2n) is 5.28. The number of Topliss-reactive ketones (excluding diaryl/α,β-unsaturated/α-hetero) is 1. The van der Waals surface area contributed by atoms with E-state index in [0.29, 0.717) is 24.3 Å². The van der Waals surface area contributed by atoms with Gasteiger partial charge in [0, 0.05) is 20.0 Å². The minimum atomic E-state index is -1.40. The quantitative estimate of drug-likeness (QED) is 0.455. The van der Waals surface area contributed by atoms with Gasteiger partial charge < -0.3 is 15.3 Å². The molecule has 7 nitrogen and oxygen atoms in total. The minimum Gasteiger partial charge on any atom is -0.365 e. The third kappa shape index (κ3) is 4.05. The van der Waals surface area contributed by atoms with E-state index in [1.54, 1.807) is 14.0 Å². The lowest BCUT2D eigenvalue weighted by atomic mass is 9.79. The van der Waals surface area contributed by atoms with Crippen molar-refractivity contribution in [2.45, 2.75) is 25.4 Å². The summed E-state index contributed by atoms with van der Waals surface area (Å²) in [6, 6.07) is 0. The predicted octanol–water partition coefficient (Wildman–Crippen LogP) is 0.165. The zero-order valence-electron chi connectivity index (χ0n) is 13.6. The van der Waals surface area contributed by atoms with Crippen LogP contribution in [0, 0.1) is 5.92 Å².